The molecule has 17 heavy (non-hydrogen) atoms. The average Bonchev–Trinajstić information content (AvgIpc) is 2.19. The van der Waals surface area contributed by atoms with Crippen molar-refractivity contribution in [2.45, 2.75) is 6.04 Å². The predicted molar refractivity (Wildman–Crippen MR) is 62.6 cm³/mol. The number of ether oxygens (including phenoxy) is 1. The van der Waals surface area contributed by atoms with E-state index >= 15 is 0 Å². The molecule has 0 saturated carbocycles. The summed E-state index contributed by atoms with van der Waals surface area (Å²) in [6.07, 6.45) is 0.516. The highest BCUT2D eigenvalue weighted by Gasteiger charge is 2.40. The molecular formula is C9H17N3O4S. The Morgan fingerprint density at radius 1 is 1.53 bits per heavy atom. The zero-order valence-electron chi connectivity index (χ0n) is 9.92. The Morgan fingerprint density at radius 2 is 2.12 bits per heavy atom. The molecule has 8 heteroatoms. The second-order valence-electron chi connectivity index (χ2n) is 3.76. The van der Waals surface area contributed by atoms with E-state index in [1.807, 2.05) is 0 Å². The molecule has 0 aromatic carbocycles. The third kappa shape index (κ3) is 2.96. The maximum Gasteiger partial charge on any atom is 0.425 e. The summed E-state index contributed by atoms with van der Waals surface area (Å²) in [5.41, 5.74) is 0. The van der Waals surface area contributed by atoms with Crippen LogP contribution in [0.2, 0.25) is 0 Å². The standard InChI is InChI=1S/C9H17N3O4S/c1-4-5-16-9(13)12(8-6-10-7-8)17(14,15)11(2)3/h4,8,10H,1,5-7H2,2-3H3. The van der Waals surface area contributed by atoms with Crippen molar-refractivity contribution in [3.63, 3.8) is 0 Å². The molecule has 1 saturated heterocycles. The van der Waals surface area contributed by atoms with Crippen molar-refractivity contribution in [2.24, 2.45) is 0 Å². The van der Waals surface area contributed by atoms with Gasteiger partial charge in [0, 0.05) is 27.2 Å². The first-order valence-corrected chi connectivity index (χ1v) is 6.51. The van der Waals surface area contributed by atoms with Crippen LogP contribution < -0.4 is 5.32 Å². The first-order chi connectivity index (χ1) is 7.91. The number of hydrogen-bond donors (Lipinski definition) is 1. The van der Waals surface area contributed by atoms with Crippen LogP contribution in [-0.4, -0.2) is 63.0 Å². The second kappa shape index (κ2) is 5.48. The van der Waals surface area contributed by atoms with E-state index in [1.165, 1.54) is 20.2 Å². The normalized spacial score (nSPS) is 16.4. The van der Waals surface area contributed by atoms with Crippen LogP contribution in [-0.2, 0) is 14.9 Å². The smallest absolute Gasteiger partial charge is 0.425 e. The summed E-state index contributed by atoms with van der Waals surface area (Å²) in [5, 5.41) is 2.91. The maximum atomic E-state index is 12.0. The van der Waals surface area contributed by atoms with E-state index in [0.717, 1.165) is 8.61 Å². The molecule has 0 bridgehead atoms. The van der Waals surface area contributed by atoms with Gasteiger partial charge in [0.25, 0.3) is 0 Å². The van der Waals surface area contributed by atoms with Gasteiger partial charge in [0.2, 0.25) is 0 Å². The van der Waals surface area contributed by atoms with E-state index in [1.54, 1.807) is 0 Å². The molecule has 98 valence electrons. The third-order valence-electron chi connectivity index (χ3n) is 2.31. The van der Waals surface area contributed by atoms with Gasteiger partial charge in [0.1, 0.15) is 6.61 Å². The highest BCUT2D eigenvalue weighted by Crippen LogP contribution is 2.15. The summed E-state index contributed by atoms with van der Waals surface area (Å²) in [7, 11) is -1.07. The Balaban J connectivity index is 2.87. The number of carbonyl (C=O) groups excluding carboxylic acids is 1. The molecule has 0 aromatic rings. The van der Waals surface area contributed by atoms with Gasteiger partial charge >= 0.3 is 16.3 Å². The van der Waals surface area contributed by atoms with Gasteiger partial charge in [0.05, 0.1) is 6.04 Å². The van der Waals surface area contributed by atoms with Gasteiger partial charge in [-0.3, -0.25) is 0 Å². The van der Waals surface area contributed by atoms with E-state index in [4.69, 9.17) is 4.74 Å². The largest absolute Gasteiger partial charge is 0.444 e. The quantitative estimate of drug-likeness (QED) is 0.669. The topological polar surface area (TPSA) is 79.0 Å². The first-order valence-electron chi connectivity index (χ1n) is 5.11. The number of hydrogen-bond acceptors (Lipinski definition) is 5. The Kier molecular flexibility index (Phi) is 4.49. The Hall–Kier alpha value is -1.12. The van der Waals surface area contributed by atoms with Crippen LogP contribution in [0.3, 0.4) is 0 Å². The Morgan fingerprint density at radius 3 is 2.47 bits per heavy atom. The van der Waals surface area contributed by atoms with Gasteiger partial charge < -0.3 is 10.1 Å². The summed E-state index contributed by atoms with van der Waals surface area (Å²) < 4.78 is 30.5. The summed E-state index contributed by atoms with van der Waals surface area (Å²) in [4.78, 5) is 11.7. The molecule has 0 unspecified atom stereocenters. The minimum absolute atomic E-state index is 0.0154. The van der Waals surface area contributed by atoms with Crippen molar-refractivity contribution in [2.75, 3.05) is 33.8 Å². The van der Waals surface area contributed by atoms with Crippen LogP contribution >= 0.6 is 0 Å². The van der Waals surface area contributed by atoms with E-state index in [2.05, 4.69) is 11.9 Å². The number of nitrogens with zero attached hydrogens (tertiary/aromatic N) is 2. The highest BCUT2D eigenvalue weighted by atomic mass is 32.2. The number of rotatable bonds is 5. The molecule has 1 N–H and O–H groups in total. The summed E-state index contributed by atoms with van der Waals surface area (Å²) in [6.45, 7) is 4.27. The van der Waals surface area contributed by atoms with E-state index < -0.39 is 16.3 Å². The minimum Gasteiger partial charge on any atom is -0.444 e. The molecule has 1 rings (SSSR count). The van der Waals surface area contributed by atoms with Gasteiger partial charge in [-0.05, 0) is 0 Å². The lowest BCUT2D eigenvalue weighted by molar-refractivity contribution is 0.115. The average molecular weight is 263 g/mol. The van der Waals surface area contributed by atoms with Crippen molar-refractivity contribution in [3.05, 3.63) is 12.7 Å². The molecule has 0 aliphatic carbocycles. The van der Waals surface area contributed by atoms with Crippen molar-refractivity contribution in [1.29, 1.82) is 0 Å². The van der Waals surface area contributed by atoms with E-state index in [-0.39, 0.29) is 12.6 Å². The number of amides is 1. The predicted octanol–water partition coefficient (Wildman–Crippen LogP) is -0.611. The fourth-order valence-corrected chi connectivity index (χ4v) is 2.36. The highest BCUT2D eigenvalue weighted by molar-refractivity contribution is 7.87. The zero-order chi connectivity index (χ0) is 13.1. The van der Waals surface area contributed by atoms with Crippen LogP contribution in [0.4, 0.5) is 4.79 Å². The monoisotopic (exact) mass is 263 g/mol. The van der Waals surface area contributed by atoms with Crippen molar-refractivity contribution in [3.8, 4) is 0 Å². The molecule has 1 aliphatic rings. The molecule has 1 amide bonds. The fourth-order valence-electron chi connectivity index (χ4n) is 1.24. The summed E-state index contributed by atoms with van der Waals surface area (Å²) in [5.74, 6) is 0. The van der Waals surface area contributed by atoms with Gasteiger partial charge in [-0.2, -0.15) is 17.0 Å². The van der Waals surface area contributed by atoms with Crippen LogP contribution in [0, 0.1) is 0 Å². The van der Waals surface area contributed by atoms with E-state index in [9.17, 15) is 13.2 Å². The zero-order valence-corrected chi connectivity index (χ0v) is 10.7. The molecule has 0 spiro atoms. The lowest BCUT2D eigenvalue weighted by Gasteiger charge is -2.37. The van der Waals surface area contributed by atoms with Crippen molar-refractivity contribution in [1.82, 2.24) is 13.9 Å². The van der Waals surface area contributed by atoms with Crippen LogP contribution in [0.1, 0.15) is 0 Å². The van der Waals surface area contributed by atoms with Gasteiger partial charge in [0.15, 0.2) is 0 Å². The van der Waals surface area contributed by atoms with Crippen LogP contribution in [0.5, 0.6) is 0 Å². The SMILES string of the molecule is C=CCOC(=O)N(C1CNC1)S(=O)(=O)N(C)C. The lowest BCUT2D eigenvalue weighted by Crippen LogP contribution is -2.62. The lowest BCUT2D eigenvalue weighted by atomic mass is 10.2. The van der Waals surface area contributed by atoms with Crippen molar-refractivity contribution < 1.29 is 17.9 Å². The number of nitrogens with one attached hydrogen (secondary N) is 1. The molecule has 7 nitrogen and oxygen atoms in total. The molecular weight excluding hydrogens is 246 g/mol. The fraction of sp³-hybridized carbons (Fsp3) is 0.667. The molecule has 0 aromatic heterocycles. The van der Waals surface area contributed by atoms with Crippen LogP contribution in [0.25, 0.3) is 0 Å². The maximum absolute atomic E-state index is 12.0. The second-order valence-corrected chi connectivity index (χ2v) is 5.78. The molecule has 1 heterocycles. The minimum atomic E-state index is -3.81. The summed E-state index contributed by atoms with van der Waals surface area (Å²) >= 11 is 0. The Labute approximate surface area is 101 Å². The molecule has 0 radical (unpaired) electrons. The van der Waals surface area contributed by atoms with E-state index in [0.29, 0.717) is 13.1 Å². The Bertz CT molecular complexity index is 389. The molecule has 1 aliphatic heterocycles. The molecule has 0 atom stereocenters. The number of carbonyl (C=O) groups is 1. The van der Waals surface area contributed by atoms with Crippen molar-refractivity contribution >= 4 is 16.3 Å². The van der Waals surface area contributed by atoms with Gasteiger partial charge in [-0.25, -0.2) is 4.79 Å². The molecule has 1 fully saturated rings. The third-order valence-corrected chi connectivity index (χ3v) is 4.17. The summed E-state index contributed by atoms with van der Waals surface area (Å²) in [6, 6.07) is -0.389. The van der Waals surface area contributed by atoms with Crippen LogP contribution in [0.15, 0.2) is 12.7 Å². The first kappa shape index (κ1) is 13.9. The van der Waals surface area contributed by atoms with Gasteiger partial charge in [-0.1, -0.05) is 12.7 Å². The van der Waals surface area contributed by atoms with Gasteiger partial charge in [-0.15, -0.1) is 0 Å².